The van der Waals surface area contributed by atoms with Crippen molar-refractivity contribution in [3.8, 4) is 0 Å². The van der Waals surface area contributed by atoms with Crippen molar-refractivity contribution in [2.75, 3.05) is 6.61 Å². The van der Waals surface area contributed by atoms with Crippen molar-refractivity contribution in [3.63, 3.8) is 0 Å². The molecule has 1 heterocycles. The van der Waals surface area contributed by atoms with Crippen molar-refractivity contribution in [1.82, 2.24) is 10.2 Å². The molecule has 78 valence electrons. The van der Waals surface area contributed by atoms with Crippen LogP contribution in [0.1, 0.15) is 42.9 Å². The van der Waals surface area contributed by atoms with Gasteiger partial charge in [0.05, 0.1) is 6.61 Å². The van der Waals surface area contributed by atoms with Crippen molar-refractivity contribution in [3.05, 3.63) is 17.5 Å². The zero-order valence-corrected chi connectivity index (χ0v) is 8.67. The first-order chi connectivity index (χ1) is 6.77. The quantitative estimate of drug-likeness (QED) is 0.732. The van der Waals surface area contributed by atoms with Crippen molar-refractivity contribution < 1.29 is 9.53 Å². The highest BCUT2D eigenvalue weighted by molar-refractivity contribution is 5.87. The molecule has 0 atom stereocenters. The Hall–Kier alpha value is -1.32. The van der Waals surface area contributed by atoms with Gasteiger partial charge in [-0.3, -0.25) is 5.10 Å². The van der Waals surface area contributed by atoms with E-state index in [4.69, 9.17) is 4.74 Å². The number of nitrogens with one attached hydrogen (secondary N) is 1. The first kappa shape index (κ1) is 10.8. The maximum Gasteiger partial charge on any atom is 0.358 e. The number of hydrogen-bond acceptors (Lipinski definition) is 3. The van der Waals surface area contributed by atoms with E-state index in [-0.39, 0.29) is 5.97 Å². The topological polar surface area (TPSA) is 55.0 Å². The first-order valence-corrected chi connectivity index (χ1v) is 4.99. The Morgan fingerprint density at radius 1 is 1.57 bits per heavy atom. The summed E-state index contributed by atoms with van der Waals surface area (Å²) in [5.74, 6) is -0.355. The highest BCUT2D eigenvalue weighted by atomic mass is 16.5. The fourth-order valence-electron chi connectivity index (χ4n) is 1.17. The van der Waals surface area contributed by atoms with E-state index >= 15 is 0 Å². The second-order valence-electron chi connectivity index (χ2n) is 3.10. The molecule has 0 fully saturated rings. The third-order valence-electron chi connectivity index (χ3n) is 1.92. The van der Waals surface area contributed by atoms with E-state index in [2.05, 4.69) is 17.1 Å². The molecule has 14 heavy (non-hydrogen) atoms. The van der Waals surface area contributed by atoms with Gasteiger partial charge in [0.1, 0.15) is 0 Å². The summed E-state index contributed by atoms with van der Waals surface area (Å²) in [4.78, 5) is 11.2. The molecular formula is C10H16N2O2. The van der Waals surface area contributed by atoms with Gasteiger partial charge in [-0.1, -0.05) is 13.3 Å². The van der Waals surface area contributed by atoms with Gasteiger partial charge >= 0.3 is 5.97 Å². The Bertz CT molecular complexity index is 294. The molecule has 0 aliphatic rings. The number of hydrogen-bond donors (Lipinski definition) is 1. The van der Waals surface area contributed by atoms with Gasteiger partial charge in [-0.2, -0.15) is 5.10 Å². The summed E-state index contributed by atoms with van der Waals surface area (Å²) in [6, 6.07) is 1.76. The minimum absolute atomic E-state index is 0.355. The van der Waals surface area contributed by atoms with Gasteiger partial charge in [0.2, 0.25) is 0 Å². The molecule has 0 saturated heterocycles. The highest BCUT2D eigenvalue weighted by Gasteiger charge is 2.10. The van der Waals surface area contributed by atoms with Gasteiger partial charge in [0.25, 0.3) is 0 Å². The van der Waals surface area contributed by atoms with Crippen LogP contribution in [0.15, 0.2) is 6.07 Å². The predicted octanol–water partition coefficient (Wildman–Crippen LogP) is 1.93. The molecule has 0 saturated carbocycles. The zero-order chi connectivity index (χ0) is 10.4. The van der Waals surface area contributed by atoms with Gasteiger partial charge in [0, 0.05) is 5.69 Å². The lowest BCUT2D eigenvalue weighted by Gasteiger charge is -1.95. The van der Waals surface area contributed by atoms with E-state index in [0.29, 0.717) is 12.3 Å². The second-order valence-corrected chi connectivity index (χ2v) is 3.10. The molecular weight excluding hydrogens is 180 g/mol. The smallest absolute Gasteiger partial charge is 0.358 e. The highest BCUT2D eigenvalue weighted by Crippen LogP contribution is 2.05. The molecule has 0 unspecified atom stereocenters. The van der Waals surface area contributed by atoms with Gasteiger partial charge < -0.3 is 4.74 Å². The number of unbranched alkanes of at least 4 members (excludes halogenated alkanes) is 1. The van der Waals surface area contributed by atoms with Gasteiger partial charge in [-0.25, -0.2) is 4.79 Å². The molecule has 0 radical (unpaired) electrons. The van der Waals surface area contributed by atoms with E-state index in [1.807, 2.05) is 0 Å². The Kier molecular flexibility index (Phi) is 4.16. The first-order valence-electron chi connectivity index (χ1n) is 4.99. The number of carbonyl (C=O) groups is 1. The lowest BCUT2D eigenvalue weighted by Crippen LogP contribution is -2.04. The average molecular weight is 196 g/mol. The number of ether oxygens (including phenoxy) is 1. The lowest BCUT2D eigenvalue weighted by atomic mass is 10.2. The third-order valence-corrected chi connectivity index (χ3v) is 1.92. The number of rotatable bonds is 5. The largest absolute Gasteiger partial charge is 0.461 e. The second kappa shape index (κ2) is 5.42. The summed E-state index contributed by atoms with van der Waals surface area (Å²) in [5, 5.41) is 6.72. The minimum Gasteiger partial charge on any atom is -0.461 e. The lowest BCUT2D eigenvalue weighted by molar-refractivity contribution is 0.0519. The molecule has 0 amide bonds. The van der Waals surface area contributed by atoms with E-state index < -0.39 is 0 Å². The normalized spacial score (nSPS) is 10.1. The van der Waals surface area contributed by atoms with Crippen LogP contribution in [0.4, 0.5) is 0 Å². The fraction of sp³-hybridized carbons (Fsp3) is 0.600. The van der Waals surface area contributed by atoms with Gasteiger partial charge in [-0.05, 0) is 25.8 Å². The minimum atomic E-state index is -0.355. The molecule has 4 nitrogen and oxygen atoms in total. The number of H-pyrrole nitrogens is 1. The molecule has 0 aliphatic heterocycles. The summed E-state index contributed by atoms with van der Waals surface area (Å²) < 4.78 is 4.82. The summed E-state index contributed by atoms with van der Waals surface area (Å²) >= 11 is 0. The molecule has 1 rings (SSSR count). The van der Waals surface area contributed by atoms with Crippen LogP contribution in [0, 0.1) is 0 Å². The van der Waals surface area contributed by atoms with Crippen molar-refractivity contribution in [2.24, 2.45) is 0 Å². The Morgan fingerprint density at radius 3 is 3.00 bits per heavy atom. The summed E-state index contributed by atoms with van der Waals surface area (Å²) in [6.07, 6.45) is 3.17. The zero-order valence-electron chi connectivity index (χ0n) is 8.67. The number of nitrogens with zero attached hydrogens (tertiary/aromatic N) is 1. The predicted molar refractivity (Wildman–Crippen MR) is 53.2 cm³/mol. The van der Waals surface area contributed by atoms with Crippen molar-refractivity contribution in [1.29, 1.82) is 0 Å². The SMILES string of the molecule is CCCCc1cc(C(=O)OCC)n[nH]1. The van der Waals surface area contributed by atoms with E-state index in [1.54, 1.807) is 13.0 Å². The molecule has 4 heteroatoms. The molecule has 0 aromatic carbocycles. The van der Waals surface area contributed by atoms with Crippen LogP contribution in [0.5, 0.6) is 0 Å². The maximum absolute atomic E-state index is 11.2. The van der Waals surface area contributed by atoms with Crippen LogP contribution in [0.3, 0.4) is 0 Å². The van der Waals surface area contributed by atoms with Gasteiger partial charge in [0.15, 0.2) is 5.69 Å². The monoisotopic (exact) mass is 196 g/mol. The van der Waals surface area contributed by atoms with E-state index in [9.17, 15) is 4.79 Å². The molecule has 0 bridgehead atoms. The summed E-state index contributed by atoms with van der Waals surface area (Å²) in [7, 11) is 0. The number of carbonyl (C=O) groups excluding carboxylic acids is 1. The summed E-state index contributed by atoms with van der Waals surface area (Å²) in [6.45, 7) is 4.29. The van der Waals surface area contributed by atoms with Crippen LogP contribution < -0.4 is 0 Å². The number of esters is 1. The molecule has 1 aromatic rings. The standard InChI is InChI=1S/C10H16N2O2/c1-3-5-6-8-7-9(12-11-8)10(13)14-4-2/h7H,3-6H2,1-2H3,(H,11,12). The van der Waals surface area contributed by atoms with Crippen LogP contribution in [-0.4, -0.2) is 22.8 Å². The molecule has 1 aromatic heterocycles. The number of aromatic nitrogens is 2. The van der Waals surface area contributed by atoms with Crippen LogP contribution in [-0.2, 0) is 11.2 Å². The van der Waals surface area contributed by atoms with Gasteiger partial charge in [-0.15, -0.1) is 0 Å². The van der Waals surface area contributed by atoms with Crippen LogP contribution >= 0.6 is 0 Å². The molecule has 1 N–H and O–H groups in total. The Balaban J connectivity index is 2.54. The molecule has 0 aliphatic carbocycles. The maximum atomic E-state index is 11.2. The Morgan fingerprint density at radius 2 is 2.36 bits per heavy atom. The van der Waals surface area contributed by atoms with E-state index in [0.717, 1.165) is 25.0 Å². The fourth-order valence-corrected chi connectivity index (χ4v) is 1.17. The Labute approximate surface area is 83.7 Å². The number of aromatic amines is 1. The van der Waals surface area contributed by atoms with Crippen molar-refractivity contribution in [2.45, 2.75) is 33.1 Å². The summed E-state index contributed by atoms with van der Waals surface area (Å²) in [5.41, 5.74) is 1.37. The van der Waals surface area contributed by atoms with E-state index in [1.165, 1.54) is 0 Å². The molecule has 0 spiro atoms. The van der Waals surface area contributed by atoms with Crippen LogP contribution in [0.2, 0.25) is 0 Å². The van der Waals surface area contributed by atoms with Crippen LogP contribution in [0.25, 0.3) is 0 Å². The third kappa shape index (κ3) is 2.87. The average Bonchev–Trinajstić information content (AvgIpc) is 2.63. The van der Waals surface area contributed by atoms with Crippen molar-refractivity contribution >= 4 is 5.97 Å². The number of aryl methyl sites for hydroxylation is 1.